The van der Waals surface area contributed by atoms with Gasteiger partial charge in [-0.05, 0) is 25.0 Å². The van der Waals surface area contributed by atoms with Crippen LogP contribution in [0.5, 0.6) is 0 Å². The Balaban J connectivity index is 1.51. The molecule has 0 radical (unpaired) electrons. The predicted molar refractivity (Wildman–Crippen MR) is 83.2 cm³/mol. The molecule has 1 aliphatic rings. The first kappa shape index (κ1) is 13.8. The summed E-state index contributed by atoms with van der Waals surface area (Å²) in [6.45, 7) is 0. The zero-order valence-corrected chi connectivity index (χ0v) is 12.8. The number of pyridine rings is 1. The number of thioether (sulfide) groups is 1. The highest BCUT2D eigenvalue weighted by Crippen LogP contribution is 2.27. The number of hydrogen-bond acceptors (Lipinski definition) is 5. The molecule has 1 aliphatic carbocycles. The van der Waals surface area contributed by atoms with Crippen molar-refractivity contribution < 1.29 is 4.79 Å². The normalized spacial score (nSPS) is 16.4. The third kappa shape index (κ3) is 3.49. The second kappa shape index (κ2) is 6.54. The summed E-state index contributed by atoms with van der Waals surface area (Å²) >= 11 is 3.04. The standard InChI is InChI=1S/C14H17N3OS2/c18-12(16-10-5-2-1-3-6-10)9-19-14-17-11-7-4-8-15-13(11)20-14/h4,7-8,10H,1-3,5-6,9H2,(H,16,18). The quantitative estimate of drug-likeness (QED) is 0.881. The van der Waals surface area contributed by atoms with Crippen LogP contribution >= 0.6 is 23.1 Å². The molecule has 1 N–H and O–H groups in total. The topological polar surface area (TPSA) is 54.9 Å². The van der Waals surface area contributed by atoms with Gasteiger partial charge in [-0.15, -0.1) is 0 Å². The molecular formula is C14H17N3OS2. The molecular weight excluding hydrogens is 290 g/mol. The lowest BCUT2D eigenvalue weighted by Gasteiger charge is -2.22. The fraction of sp³-hybridized carbons (Fsp3) is 0.500. The van der Waals surface area contributed by atoms with Crippen LogP contribution in [0.2, 0.25) is 0 Å². The van der Waals surface area contributed by atoms with Crippen LogP contribution in [-0.2, 0) is 4.79 Å². The van der Waals surface area contributed by atoms with Gasteiger partial charge in [0.05, 0.1) is 5.75 Å². The van der Waals surface area contributed by atoms with Crippen LogP contribution in [-0.4, -0.2) is 27.7 Å². The van der Waals surface area contributed by atoms with Gasteiger partial charge in [0.1, 0.15) is 10.3 Å². The maximum absolute atomic E-state index is 11.9. The Morgan fingerprint density at radius 2 is 2.25 bits per heavy atom. The maximum atomic E-state index is 11.9. The van der Waals surface area contributed by atoms with Gasteiger partial charge in [0.15, 0.2) is 4.34 Å². The molecule has 1 fully saturated rings. The molecule has 2 aromatic rings. The second-order valence-corrected chi connectivity index (χ2v) is 7.20. The lowest BCUT2D eigenvalue weighted by Crippen LogP contribution is -2.37. The van der Waals surface area contributed by atoms with Crippen LogP contribution in [0, 0.1) is 0 Å². The fourth-order valence-corrected chi connectivity index (χ4v) is 4.25. The van der Waals surface area contributed by atoms with E-state index in [-0.39, 0.29) is 5.91 Å². The van der Waals surface area contributed by atoms with Crippen molar-refractivity contribution in [2.75, 3.05) is 5.75 Å². The molecule has 3 rings (SSSR count). The summed E-state index contributed by atoms with van der Waals surface area (Å²) in [5.41, 5.74) is 0.910. The number of carbonyl (C=O) groups is 1. The van der Waals surface area contributed by atoms with Crippen LogP contribution in [0.25, 0.3) is 10.3 Å². The Labute approximate surface area is 126 Å². The van der Waals surface area contributed by atoms with E-state index in [0.717, 1.165) is 27.5 Å². The number of carbonyl (C=O) groups excluding carboxylic acids is 1. The van der Waals surface area contributed by atoms with E-state index in [1.807, 2.05) is 12.1 Å². The summed E-state index contributed by atoms with van der Waals surface area (Å²) in [5, 5.41) is 3.12. The molecule has 0 aromatic carbocycles. The van der Waals surface area contributed by atoms with E-state index in [4.69, 9.17) is 0 Å². The Hall–Kier alpha value is -1.14. The number of rotatable bonds is 4. The van der Waals surface area contributed by atoms with E-state index in [1.165, 1.54) is 31.0 Å². The minimum absolute atomic E-state index is 0.120. The van der Waals surface area contributed by atoms with Gasteiger partial charge in [0.25, 0.3) is 0 Å². The molecule has 0 bridgehead atoms. The van der Waals surface area contributed by atoms with E-state index in [2.05, 4.69) is 15.3 Å². The van der Waals surface area contributed by atoms with Crippen LogP contribution in [0.3, 0.4) is 0 Å². The average Bonchev–Trinajstić information content (AvgIpc) is 2.89. The van der Waals surface area contributed by atoms with Crippen molar-refractivity contribution in [3.8, 4) is 0 Å². The van der Waals surface area contributed by atoms with Gasteiger partial charge in [-0.2, -0.15) is 0 Å². The molecule has 0 atom stereocenters. The van der Waals surface area contributed by atoms with E-state index >= 15 is 0 Å². The van der Waals surface area contributed by atoms with Gasteiger partial charge in [-0.3, -0.25) is 4.79 Å². The molecule has 1 amide bonds. The Bertz CT molecular complexity index is 560. The highest BCUT2D eigenvalue weighted by molar-refractivity contribution is 8.01. The van der Waals surface area contributed by atoms with Gasteiger partial charge in [-0.25, -0.2) is 9.97 Å². The number of amides is 1. The number of nitrogens with one attached hydrogen (secondary N) is 1. The van der Waals surface area contributed by atoms with Crippen LogP contribution < -0.4 is 5.32 Å². The van der Waals surface area contributed by atoms with E-state index in [1.54, 1.807) is 17.5 Å². The number of aromatic nitrogens is 2. The van der Waals surface area contributed by atoms with Gasteiger partial charge < -0.3 is 5.32 Å². The fourth-order valence-electron chi connectivity index (χ4n) is 2.46. The zero-order valence-electron chi connectivity index (χ0n) is 11.2. The van der Waals surface area contributed by atoms with E-state index in [0.29, 0.717) is 11.8 Å². The zero-order chi connectivity index (χ0) is 13.8. The summed E-state index contributed by atoms with van der Waals surface area (Å²) in [4.78, 5) is 21.6. The molecule has 20 heavy (non-hydrogen) atoms. The molecule has 0 aliphatic heterocycles. The van der Waals surface area contributed by atoms with Crippen LogP contribution in [0.1, 0.15) is 32.1 Å². The number of fused-ring (bicyclic) bond motifs is 1. The molecule has 0 saturated heterocycles. The predicted octanol–water partition coefficient (Wildman–Crippen LogP) is 3.23. The van der Waals surface area contributed by atoms with Gasteiger partial charge >= 0.3 is 0 Å². The minimum atomic E-state index is 0.120. The summed E-state index contributed by atoms with van der Waals surface area (Å²) < 4.78 is 0.914. The third-order valence-electron chi connectivity index (χ3n) is 3.44. The first-order chi connectivity index (χ1) is 9.81. The van der Waals surface area contributed by atoms with Gasteiger partial charge in [0, 0.05) is 12.2 Å². The van der Waals surface area contributed by atoms with Crippen LogP contribution in [0.15, 0.2) is 22.7 Å². The van der Waals surface area contributed by atoms with Crippen molar-refractivity contribution in [2.45, 2.75) is 42.5 Å². The van der Waals surface area contributed by atoms with Crippen molar-refractivity contribution in [2.24, 2.45) is 0 Å². The van der Waals surface area contributed by atoms with Gasteiger partial charge in [-0.1, -0.05) is 42.4 Å². The van der Waals surface area contributed by atoms with Gasteiger partial charge in [0.2, 0.25) is 5.91 Å². The highest BCUT2D eigenvalue weighted by atomic mass is 32.2. The molecule has 4 nitrogen and oxygen atoms in total. The summed E-state index contributed by atoms with van der Waals surface area (Å²) in [6, 6.07) is 4.21. The number of thiazole rings is 1. The Morgan fingerprint density at radius 3 is 3.05 bits per heavy atom. The first-order valence-electron chi connectivity index (χ1n) is 6.95. The van der Waals surface area contributed by atoms with Crippen molar-refractivity contribution >= 4 is 39.4 Å². The lowest BCUT2D eigenvalue weighted by atomic mass is 9.95. The largest absolute Gasteiger partial charge is 0.353 e. The molecule has 1 saturated carbocycles. The van der Waals surface area contributed by atoms with Crippen LogP contribution in [0.4, 0.5) is 0 Å². The van der Waals surface area contributed by atoms with Crippen molar-refractivity contribution in [3.05, 3.63) is 18.3 Å². The molecule has 106 valence electrons. The Morgan fingerprint density at radius 1 is 1.40 bits per heavy atom. The molecule has 0 spiro atoms. The number of nitrogens with zero attached hydrogens (tertiary/aromatic N) is 2. The van der Waals surface area contributed by atoms with Crippen molar-refractivity contribution in [3.63, 3.8) is 0 Å². The number of hydrogen-bond donors (Lipinski definition) is 1. The summed E-state index contributed by atoms with van der Waals surface area (Å²) in [6.07, 6.45) is 7.80. The molecule has 6 heteroatoms. The Kier molecular flexibility index (Phi) is 4.52. The molecule has 2 heterocycles. The maximum Gasteiger partial charge on any atom is 0.230 e. The van der Waals surface area contributed by atoms with Crippen molar-refractivity contribution in [1.29, 1.82) is 0 Å². The lowest BCUT2D eigenvalue weighted by molar-refractivity contribution is -0.119. The second-order valence-electron chi connectivity index (χ2n) is 5.00. The monoisotopic (exact) mass is 307 g/mol. The molecule has 0 unspecified atom stereocenters. The summed E-state index contributed by atoms with van der Waals surface area (Å²) in [5.74, 6) is 0.560. The highest BCUT2D eigenvalue weighted by Gasteiger charge is 2.16. The van der Waals surface area contributed by atoms with E-state index < -0.39 is 0 Å². The minimum Gasteiger partial charge on any atom is -0.353 e. The SMILES string of the molecule is O=C(CSc1nc2cccnc2s1)NC1CCCCC1. The smallest absolute Gasteiger partial charge is 0.230 e. The van der Waals surface area contributed by atoms with Crippen molar-refractivity contribution in [1.82, 2.24) is 15.3 Å². The third-order valence-corrected chi connectivity index (χ3v) is 5.57. The first-order valence-corrected chi connectivity index (χ1v) is 8.75. The average molecular weight is 307 g/mol. The van der Waals surface area contributed by atoms with E-state index in [9.17, 15) is 4.79 Å². The molecule has 2 aromatic heterocycles. The summed E-state index contributed by atoms with van der Waals surface area (Å²) in [7, 11) is 0.